The van der Waals surface area contributed by atoms with Crippen molar-refractivity contribution in [3.8, 4) is 22.8 Å². The number of nitrogens with zero attached hydrogens (tertiary/aromatic N) is 7. The molecule has 14 nitrogen and oxygen atoms in total. The van der Waals surface area contributed by atoms with Crippen molar-refractivity contribution in [3.63, 3.8) is 0 Å². The number of carbonyl (C=O) groups is 3. The molecule has 50 heavy (non-hydrogen) atoms. The standard InChI is InChI=1S/C29H32N8O3.C7H14N2O/c30-28-26-27(20-9-11-23(12-10-20)40-22-6-2-1-3-7-22)34-37(29(26)33-19-32-28)21-17-36(18-21)25(39)16-31-13-5-15-35-14-4-8-24(35)38;8-4-2-6-9-5-1-3-7(9)10/h1-3,6-7,9-12,19,21,31H,4-5,8,13-18H2,(H2,30,32,33);1-6,8H2. The average molecular weight is 683 g/mol. The summed E-state index contributed by atoms with van der Waals surface area (Å²) in [4.78, 5) is 49.7. The van der Waals surface area contributed by atoms with Crippen LogP contribution < -0.4 is 21.5 Å². The molecule has 0 bridgehead atoms. The minimum atomic E-state index is -0.00336. The van der Waals surface area contributed by atoms with E-state index in [0.29, 0.717) is 66.8 Å². The lowest BCUT2D eigenvalue weighted by molar-refractivity contribution is -0.136. The highest BCUT2D eigenvalue weighted by molar-refractivity contribution is 5.98. The molecule has 0 saturated carbocycles. The van der Waals surface area contributed by atoms with Crippen LogP contribution in [0.1, 0.15) is 44.6 Å². The van der Waals surface area contributed by atoms with Crippen LogP contribution in [-0.2, 0) is 14.4 Å². The maximum atomic E-state index is 12.7. The number of nitrogen functional groups attached to an aromatic ring is 1. The number of hydrogen-bond donors (Lipinski definition) is 3. The summed E-state index contributed by atoms with van der Waals surface area (Å²) in [5.41, 5.74) is 13.8. The third kappa shape index (κ3) is 8.37. The van der Waals surface area contributed by atoms with E-state index in [9.17, 15) is 14.4 Å². The van der Waals surface area contributed by atoms with Crippen LogP contribution in [0.4, 0.5) is 5.82 Å². The van der Waals surface area contributed by atoms with E-state index in [4.69, 9.17) is 21.3 Å². The van der Waals surface area contributed by atoms with Crippen LogP contribution in [0, 0.1) is 0 Å². The number of likely N-dealkylation sites (tertiary alicyclic amines) is 3. The first-order valence-corrected chi connectivity index (χ1v) is 17.5. The number of aromatic nitrogens is 4. The highest BCUT2D eigenvalue weighted by Crippen LogP contribution is 2.35. The predicted molar refractivity (Wildman–Crippen MR) is 190 cm³/mol. The van der Waals surface area contributed by atoms with E-state index in [2.05, 4.69) is 15.3 Å². The molecule has 3 aliphatic heterocycles. The second kappa shape index (κ2) is 16.5. The van der Waals surface area contributed by atoms with Crippen molar-refractivity contribution in [2.24, 2.45) is 5.73 Å². The summed E-state index contributed by atoms with van der Waals surface area (Å²) < 4.78 is 7.78. The molecule has 14 heteroatoms. The van der Waals surface area contributed by atoms with Crippen molar-refractivity contribution < 1.29 is 19.1 Å². The number of amides is 3. The monoisotopic (exact) mass is 682 g/mol. The normalized spacial score (nSPS) is 16.1. The van der Waals surface area contributed by atoms with E-state index in [0.717, 1.165) is 69.6 Å². The van der Waals surface area contributed by atoms with Crippen LogP contribution in [0.15, 0.2) is 60.9 Å². The fourth-order valence-corrected chi connectivity index (χ4v) is 6.44. The van der Waals surface area contributed by atoms with Gasteiger partial charge >= 0.3 is 0 Å². The number of ether oxygens (including phenoxy) is 1. The van der Waals surface area contributed by atoms with E-state index in [1.54, 1.807) is 0 Å². The van der Waals surface area contributed by atoms with Crippen LogP contribution >= 0.6 is 0 Å². The zero-order chi connectivity index (χ0) is 34.9. The lowest BCUT2D eigenvalue weighted by Crippen LogP contribution is -2.53. The lowest BCUT2D eigenvalue weighted by Gasteiger charge is -2.39. The fourth-order valence-electron chi connectivity index (χ4n) is 6.44. The quantitative estimate of drug-likeness (QED) is 0.178. The summed E-state index contributed by atoms with van der Waals surface area (Å²) in [5.74, 6) is 2.43. The van der Waals surface area contributed by atoms with Crippen LogP contribution in [0.25, 0.3) is 22.3 Å². The van der Waals surface area contributed by atoms with Gasteiger partial charge in [-0.05, 0) is 75.2 Å². The molecule has 3 saturated heterocycles. The van der Waals surface area contributed by atoms with Crippen molar-refractivity contribution in [1.29, 1.82) is 0 Å². The van der Waals surface area contributed by atoms with Crippen molar-refractivity contribution in [1.82, 2.24) is 39.8 Å². The topological polar surface area (TPSA) is 178 Å². The zero-order valence-electron chi connectivity index (χ0n) is 28.4. The highest BCUT2D eigenvalue weighted by atomic mass is 16.5. The molecule has 264 valence electrons. The first-order chi connectivity index (χ1) is 24.4. The number of benzene rings is 2. The SMILES string of the molecule is NCCCN1CCCC1=O.Nc1ncnc2c1c(-c1ccc(Oc3ccccc3)cc1)nn2C1CN(C(=O)CNCCCN2CCCC2=O)C1. The van der Waals surface area contributed by atoms with Crippen molar-refractivity contribution >= 4 is 34.6 Å². The largest absolute Gasteiger partial charge is 0.457 e. The van der Waals surface area contributed by atoms with Crippen molar-refractivity contribution in [2.75, 3.05) is 64.6 Å². The highest BCUT2D eigenvalue weighted by Gasteiger charge is 2.34. The molecule has 0 radical (unpaired) electrons. The van der Waals surface area contributed by atoms with Crippen LogP contribution in [-0.4, -0.2) is 111 Å². The van der Waals surface area contributed by atoms with Gasteiger partial charge in [0.05, 0.1) is 18.0 Å². The minimum absolute atomic E-state index is 0.00336. The molecule has 3 aliphatic rings. The lowest BCUT2D eigenvalue weighted by atomic mass is 10.1. The van der Waals surface area contributed by atoms with Gasteiger partial charge in [-0.15, -0.1) is 0 Å². The maximum absolute atomic E-state index is 12.7. The van der Waals surface area contributed by atoms with Gasteiger partial charge in [0, 0.05) is 57.7 Å². The summed E-state index contributed by atoms with van der Waals surface area (Å²) in [6, 6.07) is 17.3. The number of carbonyl (C=O) groups excluding carboxylic acids is 3. The minimum Gasteiger partial charge on any atom is -0.457 e. The second-order valence-electron chi connectivity index (χ2n) is 12.8. The second-order valence-corrected chi connectivity index (χ2v) is 12.8. The Morgan fingerprint density at radius 3 is 2.18 bits per heavy atom. The number of anilines is 1. The number of fused-ring (bicyclic) bond motifs is 1. The molecule has 5 heterocycles. The van der Waals surface area contributed by atoms with Crippen molar-refractivity contribution in [2.45, 2.75) is 44.6 Å². The molecule has 0 spiro atoms. The summed E-state index contributed by atoms with van der Waals surface area (Å²) in [6.07, 6.45) is 6.59. The summed E-state index contributed by atoms with van der Waals surface area (Å²) >= 11 is 0. The number of nitrogens with one attached hydrogen (secondary N) is 1. The summed E-state index contributed by atoms with van der Waals surface area (Å²) in [6.45, 7) is 6.15. The predicted octanol–water partition coefficient (Wildman–Crippen LogP) is 2.81. The first kappa shape index (κ1) is 34.8. The third-order valence-corrected chi connectivity index (χ3v) is 9.22. The summed E-state index contributed by atoms with van der Waals surface area (Å²) in [5, 5.41) is 8.80. The van der Waals surface area contributed by atoms with Gasteiger partial charge in [0.25, 0.3) is 0 Å². The smallest absolute Gasteiger partial charge is 0.236 e. The van der Waals surface area contributed by atoms with E-state index in [1.165, 1.54) is 6.33 Å². The van der Waals surface area contributed by atoms with Gasteiger partial charge in [0.1, 0.15) is 29.3 Å². The Labute approximate surface area is 291 Å². The molecule has 4 aromatic rings. The molecule has 2 aromatic carbocycles. The van der Waals surface area contributed by atoms with Crippen LogP contribution in [0.2, 0.25) is 0 Å². The Morgan fingerprint density at radius 2 is 1.54 bits per heavy atom. The Morgan fingerprint density at radius 1 is 0.880 bits per heavy atom. The van der Waals surface area contributed by atoms with E-state index >= 15 is 0 Å². The van der Waals surface area contributed by atoms with E-state index in [1.807, 2.05) is 74.0 Å². The molecule has 5 N–H and O–H groups in total. The molecule has 0 atom stereocenters. The van der Waals surface area contributed by atoms with Gasteiger partial charge in [-0.25, -0.2) is 14.6 Å². The molecule has 0 aliphatic carbocycles. The third-order valence-electron chi connectivity index (χ3n) is 9.22. The van der Waals surface area contributed by atoms with Gasteiger partial charge in [0.2, 0.25) is 17.7 Å². The van der Waals surface area contributed by atoms with Gasteiger partial charge in [-0.3, -0.25) is 14.4 Å². The molecule has 3 fully saturated rings. The number of nitrogens with two attached hydrogens (primary N) is 2. The van der Waals surface area contributed by atoms with E-state index in [-0.39, 0.29) is 24.4 Å². The Bertz CT molecular complexity index is 1760. The first-order valence-electron chi connectivity index (χ1n) is 17.5. The van der Waals surface area contributed by atoms with Gasteiger partial charge in [0.15, 0.2) is 5.65 Å². The van der Waals surface area contributed by atoms with E-state index < -0.39 is 0 Å². The average Bonchev–Trinajstić information content (AvgIpc) is 3.83. The molecular weight excluding hydrogens is 636 g/mol. The van der Waals surface area contributed by atoms with Gasteiger partial charge < -0.3 is 36.2 Å². The molecule has 7 rings (SSSR count). The fraction of sp³-hybridized carbons (Fsp3) is 0.444. The van der Waals surface area contributed by atoms with Crippen LogP contribution in [0.3, 0.4) is 0 Å². The molecule has 3 amide bonds. The maximum Gasteiger partial charge on any atom is 0.236 e. The molecule has 2 aromatic heterocycles. The molecular formula is C36H46N10O4. The Balaban J connectivity index is 0.000000373. The summed E-state index contributed by atoms with van der Waals surface area (Å²) in [7, 11) is 0. The molecule has 0 unspecified atom stereocenters. The number of hydrogen-bond acceptors (Lipinski definition) is 10. The Kier molecular flexibility index (Phi) is 11.5. The Hall–Kier alpha value is -5.08. The van der Waals surface area contributed by atoms with Gasteiger partial charge in [-0.2, -0.15) is 5.10 Å². The van der Waals surface area contributed by atoms with Crippen LogP contribution in [0.5, 0.6) is 11.5 Å². The number of rotatable bonds is 13. The number of para-hydroxylation sites is 1. The van der Waals surface area contributed by atoms with Crippen molar-refractivity contribution in [3.05, 3.63) is 60.9 Å². The zero-order valence-corrected chi connectivity index (χ0v) is 28.4. The van der Waals surface area contributed by atoms with Gasteiger partial charge in [-0.1, -0.05) is 18.2 Å².